The van der Waals surface area contributed by atoms with E-state index in [0.29, 0.717) is 6.54 Å². The van der Waals surface area contributed by atoms with E-state index in [4.69, 9.17) is 10.5 Å². The summed E-state index contributed by atoms with van der Waals surface area (Å²) in [6.45, 7) is 3.73. The summed E-state index contributed by atoms with van der Waals surface area (Å²) in [5, 5.41) is 5.21. The fourth-order valence-corrected chi connectivity index (χ4v) is 4.31. The number of nitrogens with one attached hydrogen (secondary N) is 2. The molecule has 0 aliphatic carbocycles. The summed E-state index contributed by atoms with van der Waals surface area (Å²) in [6, 6.07) is 1.47. The highest BCUT2D eigenvalue weighted by Gasteiger charge is 2.24. The molecular formula is C19H22BrF2N5O3S. The molecule has 0 bridgehead atoms. The molecule has 12 heteroatoms. The smallest absolute Gasteiger partial charge is 0.319 e. The first-order chi connectivity index (χ1) is 14.8. The molecule has 0 saturated carbocycles. The van der Waals surface area contributed by atoms with Crippen LogP contribution in [0.25, 0.3) is 0 Å². The number of anilines is 1. The molecule has 4 N–H and O–H groups in total. The molecule has 1 aliphatic rings. The number of benzene rings is 1. The lowest BCUT2D eigenvalue weighted by Gasteiger charge is -2.14. The van der Waals surface area contributed by atoms with E-state index >= 15 is 0 Å². The predicted molar refractivity (Wildman–Crippen MR) is 117 cm³/mol. The van der Waals surface area contributed by atoms with Crippen LogP contribution >= 0.6 is 27.5 Å². The average molecular weight is 518 g/mol. The van der Waals surface area contributed by atoms with Gasteiger partial charge in [-0.3, -0.25) is 10.1 Å². The van der Waals surface area contributed by atoms with Gasteiger partial charge in [0.15, 0.2) is 11.6 Å². The number of amides is 3. The summed E-state index contributed by atoms with van der Waals surface area (Å²) in [6.07, 6.45) is 4.26. The molecule has 0 radical (unpaired) electrons. The highest BCUT2D eigenvalue weighted by molar-refractivity contribution is 9.10. The molecule has 1 aromatic heterocycles. The molecule has 31 heavy (non-hydrogen) atoms. The molecule has 2 aromatic rings. The Balaban J connectivity index is 1.57. The van der Waals surface area contributed by atoms with Crippen molar-refractivity contribution < 1.29 is 23.1 Å². The number of rotatable bonds is 9. The summed E-state index contributed by atoms with van der Waals surface area (Å²) < 4.78 is 37.3. The van der Waals surface area contributed by atoms with Crippen LogP contribution in [0.3, 0.4) is 0 Å². The SMILES string of the molecule is NC(=O)c1c(Oc2c(F)cc(Br)cc2F)nsc1NC(=O)NCCCCN1CCCC1. The maximum Gasteiger partial charge on any atom is 0.319 e. The van der Waals surface area contributed by atoms with Crippen molar-refractivity contribution in [1.82, 2.24) is 14.6 Å². The third-order valence-corrected chi connectivity index (χ3v) is 5.89. The number of urea groups is 1. The van der Waals surface area contributed by atoms with Gasteiger partial charge in [0, 0.05) is 11.0 Å². The molecule has 0 unspecified atom stereocenters. The van der Waals surface area contributed by atoms with E-state index in [0.717, 1.165) is 56.1 Å². The monoisotopic (exact) mass is 517 g/mol. The summed E-state index contributed by atoms with van der Waals surface area (Å²) in [4.78, 5) is 26.4. The Labute approximate surface area is 190 Å². The van der Waals surface area contributed by atoms with E-state index in [9.17, 15) is 18.4 Å². The van der Waals surface area contributed by atoms with Crippen LogP contribution in [0.4, 0.5) is 18.6 Å². The maximum absolute atomic E-state index is 14.0. The van der Waals surface area contributed by atoms with Crippen LogP contribution in [-0.2, 0) is 0 Å². The minimum Gasteiger partial charge on any atom is -0.431 e. The van der Waals surface area contributed by atoms with Gasteiger partial charge >= 0.3 is 6.03 Å². The summed E-state index contributed by atoms with van der Waals surface area (Å²) in [7, 11) is 0. The lowest BCUT2D eigenvalue weighted by Crippen LogP contribution is -2.30. The molecule has 3 rings (SSSR count). The highest BCUT2D eigenvalue weighted by Crippen LogP contribution is 2.36. The van der Waals surface area contributed by atoms with E-state index in [2.05, 4.69) is 35.8 Å². The van der Waals surface area contributed by atoms with Crippen LogP contribution in [0.15, 0.2) is 16.6 Å². The third kappa shape index (κ3) is 6.34. The number of carbonyl (C=O) groups is 2. The summed E-state index contributed by atoms with van der Waals surface area (Å²) >= 11 is 3.69. The first-order valence-electron chi connectivity index (χ1n) is 9.74. The van der Waals surface area contributed by atoms with E-state index in [1.165, 1.54) is 12.8 Å². The van der Waals surface area contributed by atoms with Gasteiger partial charge < -0.3 is 20.7 Å². The molecule has 8 nitrogen and oxygen atoms in total. The number of unbranched alkanes of at least 4 members (excludes halogenated alkanes) is 1. The largest absolute Gasteiger partial charge is 0.431 e. The molecular weight excluding hydrogens is 496 g/mol. The maximum atomic E-state index is 14.0. The van der Waals surface area contributed by atoms with E-state index in [1.54, 1.807) is 0 Å². The Morgan fingerprint density at radius 2 is 1.90 bits per heavy atom. The van der Waals surface area contributed by atoms with Crippen molar-refractivity contribution in [3.8, 4) is 11.6 Å². The molecule has 168 valence electrons. The second-order valence-corrected chi connectivity index (χ2v) is 8.68. The minimum absolute atomic E-state index is 0.0231. The van der Waals surface area contributed by atoms with Crippen molar-refractivity contribution in [2.24, 2.45) is 5.73 Å². The average Bonchev–Trinajstić information content (AvgIpc) is 3.34. The Kier molecular flexibility index (Phi) is 8.15. The number of hydrogen-bond acceptors (Lipinski definition) is 6. The zero-order valence-electron chi connectivity index (χ0n) is 16.6. The van der Waals surface area contributed by atoms with E-state index < -0.39 is 35.2 Å². The van der Waals surface area contributed by atoms with Crippen LogP contribution in [-0.4, -0.2) is 47.4 Å². The number of aromatic nitrogens is 1. The molecule has 0 atom stereocenters. The van der Waals surface area contributed by atoms with E-state index in [-0.39, 0.29) is 15.0 Å². The van der Waals surface area contributed by atoms with Crippen LogP contribution in [0, 0.1) is 11.6 Å². The van der Waals surface area contributed by atoms with Crippen LogP contribution in [0.1, 0.15) is 36.0 Å². The number of nitrogens with two attached hydrogens (primary N) is 1. The van der Waals surface area contributed by atoms with Crippen LogP contribution in [0.2, 0.25) is 0 Å². The first-order valence-corrected chi connectivity index (χ1v) is 11.3. The Bertz CT molecular complexity index is 930. The second-order valence-electron chi connectivity index (χ2n) is 6.99. The number of likely N-dealkylation sites (tertiary alicyclic amines) is 1. The molecule has 2 heterocycles. The van der Waals surface area contributed by atoms with Crippen molar-refractivity contribution in [3.05, 3.63) is 33.8 Å². The number of ether oxygens (including phenoxy) is 1. The lowest BCUT2D eigenvalue weighted by molar-refractivity contribution is 0.0998. The highest BCUT2D eigenvalue weighted by atomic mass is 79.9. The minimum atomic E-state index is -0.989. The fraction of sp³-hybridized carbons (Fsp3) is 0.421. The van der Waals surface area contributed by atoms with Gasteiger partial charge in [-0.05, 0) is 69.0 Å². The Morgan fingerprint density at radius 1 is 1.23 bits per heavy atom. The van der Waals surface area contributed by atoms with Crippen LogP contribution < -0.4 is 21.1 Å². The molecule has 3 amide bonds. The molecule has 1 aliphatic heterocycles. The van der Waals surface area contributed by atoms with Gasteiger partial charge in [0.25, 0.3) is 5.91 Å². The summed E-state index contributed by atoms with van der Waals surface area (Å²) in [5.74, 6) is -4.06. The van der Waals surface area contributed by atoms with E-state index in [1.807, 2.05) is 0 Å². The Hall–Kier alpha value is -2.31. The van der Waals surface area contributed by atoms with Crippen molar-refractivity contribution in [2.75, 3.05) is 31.5 Å². The first kappa shape index (κ1) is 23.4. The van der Waals surface area contributed by atoms with Crippen LogP contribution in [0.5, 0.6) is 11.6 Å². The number of carbonyl (C=O) groups excluding carboxylic acids is 2. The van der Waals surface area contributed by atoms with Crippen molar-refractivity contribution in [1.29, 1.82) is 0 Å². The number of primary amides is 1. The predicted octanol–water partition coefficient (Wildman–Crippen LogP) is 4.07. The molecule has 1 saturated heterocycles. The second kappa shape index (κ2) is 10.8. The lowest BCUT2D eigenvalue weighted by atomic mass is 10.3. The fourth-order valence-electron chi connectivity index (χ4n) is 3.19. The number of halogens is 3. The van der Waals surface area contributed by atoms with Gasteiger partial charge in [-0.25, -0.2) is 13.6 Å². The normalized spacial score (nSPS) is 13.9. The quantitative estimate of drug-likeness (QED) is 0.434. The van der Waals surface area contributed by atoms with Gasteiger partial charge in [0.05, 0.1) is 0 Å². The van der Waals surface area contributed by atoms with Gasteiger partial charge in [-0.1, -0.05) is 15.9 Å². The zero-order valence-corrected chi connectivity index (χ0v) is 19.0. The number of nitrogens with zero attached hydrogens (tertiary/aromatic N) is 2. The number of hydrogen-bond donors (Lipinski definition) is 3. The summed E-state index contributed by atoms with van der Waals surface area (Å²) in [5.41, 5.74) is 5.10. The molecule has 1 aromatic carbocycles. The third-order valence-electron chi connectivity index (χ3n) is 4.68. The van der Waals surface area contributed by atoms with Gasteiger partial charge in [0.2, 0.25) is 11.6 Å². The standard InChI is InChI=1S/C19H22BrF2N5O3S/c20-11-9-12(21)15(13(22)10-11)30-17-14(16(23)28)18(31-26-17)25-19(29)24-5-1-2-6-27-7-3-4-8-27/h9-10H,1-8H2,(H2,23,28)(H2,24,25,29). The zero-order chi connectivity index (χ0) is 22.4. The van der Waals surface area contributed by atoms with Gasteiger partial charge in [0.1, 0.15) is 10.6 Å². The van der Waals surface area contributed by atoms with Crippen molar-refractivity contribution >= 4 is 44.4 Å². The van der Waals surface area contributed by atoms with Crippen molar-refractivity contribution in [3.63, 3.8) is 0 Å². The van der Waals surface area contributed by atoms with Crippen molar-refractivity contribution in [2.45, 2.75) is 25.7 Å². The molecule has 1 fully saturated rings. The Morgan fingerprint density at radius 3 is 2.55 bits per heavy atom. The topological polar surface area (TPSA) is 110 Å². The molecule has 0 spiro atoms. The van der Waals surface area contributed by atoms with Gasteiger partial charge in [-0.2, -0.15) is 4.37 Å². The van der Waals surface area contributed by atoms with Gasteiger partial charge in [-0.15, -0.1) is 0 Å².